The predicted octanol–water partition coefficient (Wildman–Crippen LogP) is 2.17. The molecular formula is C16H20N4O2S. The number of hydrogen-bond donors (Lipinski definition) is 2. The molecule has 122 valence electrons. The van der Waals surface area contributed by atoms with E-state index in [0.717, 1.165) is 17.0 Å². The van der Waals surface area contributed by atoms with Gasteiger partial charge in [0.05, 0.1) is 12.4 Å². The molecule has 23 heavy (non-hydrogen) atoms. The number of nitrogens with one attached hydrogen (secondary N) is 1. The van der Waals surface area contributed by atoms with E-state index in [1.807, 2.05) is 38.1 Å². The first-order chi connectivity index (χ1) is 11.0. The average molecular weight is 332 g/mol. The van der Waals surface area contributed by atoms with Gasteiger partial charge >= 0.3 is 0 Å². The zero-order valence-electron chi connectivity index (χ0n) is 13.4. The molecule has 0 spiro atoms. The summed E-state index contributed by atoms with van der Waals surface area (Å²) < 4.78 is 5.27. The van der Waals surface area contributed by atoms with Crippen molar-refractivity contribution < 1.29 is 9.53 Å². The summed E-state index contributed by atoms with van der Waals surface area (Å²) in [6.07, 6.45) is 0. The number of nitrogens with two attached hydrogens (primary N) is 1. The van der Waals surface area contributed by atoms with Crippen LogP contribution in [-0.4, -0.2) is 28.2 Å². The molecule has 0 fully saturated rings. The van der Waals surface area contributed by atoms with Gasteiger partial charge in [0, 0.05) is 23.9 Å². The van der Waals surface area contributed by atoms with Crippen molar-refractivity contribution in [3.8, 4) is 5.75 Å². The molecule has 2 aromatic rings. The first-order valence-electron chi connectivity index (χ1n) is 7.17. The highest BCUT2D eigenvalue weighted by molar-refractivity contribution is 8.00. The van der Waals surface area contributed by atoms with E-state index in [1.165, 1.54) is 11.8 Å². The van der Waals surface area contributed by atoms with Crippen molar-refractivity contribution in [3.63, 3.8) is 0 Å². The minimum absolute atomic E-state index is 0.0930. The van der Waals surface area contributed by atoms with E-state index in [4.69, 9.17) is 10.5 Å². The minimum atomic E-state index is -0.328. The zero-order valence-corrected chi connectivity index (χ0v) is 14.2. The molecule has 1 aromatic heterocycles. The summed E-state index contributed by atoms with van der Waals surface area (Å²) in [7, 11) is 1.61. The molecule has 0 aliphatic carbocycles. The monoisotopic (exact) mass is 332 g/mol. The second kappa shape index (κ2) is 7.82. The Labute approximate surface area is 139 Å². The van der Waals surface area contributed by atoms with Gasteiger partial charge in [0.25, 0.3) is 0 Å². The zero-order chi connectivity index (χ0) is 16.8. The Morgan fingerprint density at radius 1 is 1.39 bits per heavy atom. The van der Waals surface area contributed by atoms with Gasteiger partial charge in [-0.1, -0.05) is 30.0 Å². The van der Waals surface area contributed by atoms with Gasteiger partial charge in [0.1, 0.15) is 11.6 Å². The average Bonchev–Trinajstić information content (AvgIpc) is 2.51. The van der Waals surface area contributed by atoms with Gasteiger partial charge in [0.2, 0.25) is 5.91 Å². The second-order valence-corrected chi connectivity index (χ2v) is 6.31. The number of amides is 1. The number of nitrogens with zero attached hydrogens (tertiary/aromatic N) is 2. The molecule has 6 nitrogen and oxygen atoms in total. The molecule has 0 aliphatic heterocycles. The molecule has 2 rings (SSSR count). The molecule has 1 amide bonds. The van der Waals surface area contributed by atoms with Crippen molar-refractivity contribution in [2.75, 3.05) is 12.8 Å². The molecule has 0 aliphatic rings. The highest BCUT2D eigenvalue weighted by atomic mass is 32.2. The van der Waals surface area contributed by atoms with E-state index >= 15 is 0 Å². The van der Waals surface area contributed by atoms with Crippen LogP contribution in [-0.2, 0) is 11.3 Å². The first kappa shape index (κ1) is 17.1. The fraction of sp³-hybridized carbons (Fsp3) is 0.312. The predicted molar refractivity (Wildman–Crippen MR) is 91.3 cm³/mol. The summed E-state index contributed by atoms with van der Waals surface area (Å²) in [5.41, 5.74) is 7.41. The lowest BCUT2D eigenvalue weighted by Gasteiger charge is -2.13. The van der Waals surface area contributed by atoms with E-state index in [9.17, 15) is 4.79 Å². The van der Waals surface area contributed by atoms with Gasteiger partial charge in [-0.3, -0.25) is 4.79 Å². The van der Waals surface area contributed by atoms with Crippen molar-refractivity contribution in [1.29, 1.82) is 0 Å². The maximum Gasteiger partial charge on any atom is 0.233 e. The Hall–Kier alpha value is -2.28. The summed E-state index contributed by atoms with van der Waals surface area (Å²) in [4.78, 5) is 20.6. The van der Waals surface area contributed by atoms with Crippen LogP contribution in [0.3, 0.4) is 0 Å². The van der Waals surface area contributed by atoms with Crippen LogP contribution in [0.2, 0.25) is 0 Å². The third-order valence-corrected chi connectivity index (χ3v) is 4.11. The molecule has 1 heterocycles. The number of aryl methyl sites for hydroxylation is 1. The van der Waals surface area contributed by atoms with E-state index in [1.54, 1.807) is 13.2 Å². The third kappa shape index (κ3) is 4.85. The number of aromatic nitrogens is 2. The van der Waals surface area contributed by atoms with Crippen LogP contribution in [0.15, 0.2) is 35.5 Å². The number of rotatable bonds is 6. The molecule has 0 saturated heterocycles. The fourth-order valence-corrected chi connectivity index (χ4v) is 2.87. The number of ether oxygens (including phenoxy) is 1. The minimum Gasteiger partial charge on any atom is -0.496 e. The topological polar surface area (TPSA) is 90.1 Å². The molecule has 0 unspecified atom stereocenters. The molecule has 0 bridgehead atoms. The number of carbonyl (C=O) groups excluding carboxylic acids is 1. The van der Waals surface area contributed by atoms with Gasteiger partial charge < -0.3 is 15.8 Å². The molecule has 0 saturated carbocycles. The summed E-state index contributed by atoms with van der Waals surface area (Å²) in [5, 5.41) is 3.07. The highest BCUT2D eigenvalue weighted by Gasteiger charge is 2.16. The number of nitrogen functional groups attached to an aromatic ring is 1. The van der Waals surface area contributed by atoms with Gasteiger partial charge in [0.15, 0.2) is 5.16 Å². The number of para-hydroxylation sites is 1. The Kier molecular flexibility index (Phi) is 5.81. The van der Waals surface area contributed by atoms with Crippen LogP contribution in [0, 0.1) is 6.92 Å². The summed E-state index contributed by atoms with van der Waals surface area (Å²) in [5.74, 6) is 1.06. The summed E-state index contributed by atoms with van der Waals surface area (Å²) in [6, 6.07) is 9.27. The fourth-order valence-electron chi connectivity index (χ4n) is 2.00. The number of carbonyl (C=O) groups is 1. The number of methoxy groups -OCH3 is 1. The SMILES string of the molecule is COc1ccccc1CNC(=O)[C@H](C)Sc1nc(C)cc(N)n1. The standard InChI is InChI=1S/C16H20N4O2S/c1-10-8-14(17)20-16(19-10)23-11(2)15(21)18-9-12-6-4-5-7-13(12)22-3/h4-8,11H,9H2,1-3H3,(H,18,21)(H2,17,19,20)/t11-/m0/s1. The summed E-state index contributed by atoms with van der Waals surface area (Å²) in [6.45, 7) is 4.06. The Morgan fingerprint density at radius 2 is 2.13 bits per heavy atom. The van der Waals surface area contributed by atoms with Gasteiger partial charge in [-0.15, -0.1) is 0 Å². The van der Waals surface area contributed by atoms with Crippen LogP contribution in [0.1, 0.15) is 18.2 Å². The third-order valence-electron chi connectivity index (χ3n) is 3.15. The van der Waals surface area contributed by atoms with Crippen molar-refractivity contribution in [3.05, 3.63) is 41.6 Å². The lowest BCUT2D eigenvalue weighted by Crippen LogP contribution is -2.30. The maximum absolute atomic E-state index is 12.2. The lowest BCUT2D eigenvalue weighted by molar-refractivity contribution is -0.120. The van der Waals surface area contributed by atoms with Crippen LogP contribution >= 0.6 is 11.8 Å². The smallest absolute Gasteiger partial charge is 0.233 e. The van der Waals surface area contributed by atoms with Crippen LogP contribution in [0.5, 0.6) is 5.75 Å². The largest absolute Gasteiger partial charge is 0.496 e. The molecule has 1 atom stereocenters. The maximum atomic E-state index is 12.2. The molecule has 7 heteroatoms. The van der Waals surface area contributed by atoms with Crippen LogP contribution in [0.4, 0.5) is 5.82 Å². The van der Waals surface area contributed by atoms with Gasteiger partial charge in [-0.05, 0) is 19.9 Å². The van der Waals surface area contributed by atoms with Crippen molar-refractivity contribution in [1.82, 2.24) is 15.3 Å². The van der Waals surface area contributed by atoms with E-state index in [2.05, 4.69) is 15.3 Å². The number of benzene rings is 1. The Bertz CT molecular complexity index is 673. The molecular weight excluding hydrogens is 312 g/mol. The Balaban J connectivity index is 1.94. The van der Waals surface area contributed by atoms with Crippen molar-refractivity contribution in [2.24, 2.45) is 0 Å². The van der Waals surface area contributed by atoms with Crippen LogP contribution < -0.4 is 15.8 Å². The van der Waals surface area contributed by atoms with Crippen molar-refractivity contribution in [2.45, 2.75) is 30.8 Å². The van der Waals surface area contributed by atoms with Gasteiger partial charge in [-0.25, -0.2) is 9.97 Å². The van der Waals surface area contributed by atoms with Gasteiger partial charge in [-0.2, -0.15) is 0 Å². The quantitative estimate of drug-likeness (QED) is 0.622. The number of hydrogen-bond acceptors (Lipinski definition) is 6. The Morgan fingerprint density at radius 3 is 2.83 bits per heavy atom. The number of thioether (sulfide) groups is 1. The molecule has 0 radical (unpaired) electrons. The first-order valence-corrected chi connectivity index (χ1v) is 8.05. The highest BCUT2D eigenvalue weighted by Crippen LogP contribution is 2.21. The summed E-state index contributed by atoms with van der Waals surface area (Å²) >= 11 is 1.28. The van der Waals surface area contributed by atoms with E-state index in [0.29, 0.717) is 17.5 Å². The number of anilines is 1. The molecule has 1 aromatic carbocycles. The normalized spacial score (nSPS) is 11.8. The van der Waals surface area contributed by atoms with Crippen molar-refractivity contribution >= 4 is 23.5 Å². The molecule has 3 N–H and O–H groups in total. The van der Waals surface area contributed by atoms with Crippen LogP contribution in [0.25, 0.3) is 0 Å². The van der Waals surface area contributed by atoms with E-state index in [-0.39, 0.29) is 11.2 Å². The second-order valence-electron chi connectivity index (χ2n) is 5.01. The van der Waals surface area contributed by atoms with E-state index < -0.39 is 0 Å². The lowest BCUT2D eigenvalue weighted by atomic mass is 10.2.